The van der Waals surface area contributed by atoms with Crippen molar-refractivity contribution >= 4 is 15.7 Å². The Bertz CT molecular complexity index is 538. The Morgan fingerprint density at radius 1 is 1.42 bits per heavy atom. The molecule has 0 amide bonds. The van der Waals surface area contributed by atoms with Gasteiger partial charge in [-0.25, -0.2) is 13.1 Å². The summed E-state index contributed by atoms with van der Waals surface area (Å²) in [6.45, 7) is 2.57. The molecule has 4 N–H and O–H groups in total. The van der Waals surface area contributed by atoms with E-state index in [1.165, 1.54) is 31.3 Å². The van der Waals surface area contributed by atoms with E-state index in [1.54, 1.807) is 0 Å². The molecule has 0 spiro atoms. The number of aromatic nitrogens is 1. The third-order valence-electron chi connectivity index (χ3n) is 3.73. The van der Waals surface area contributed by atoms with Crippen molar-refractivity contribution in [3.63, 3.8) is 0 Å². The van der Waals surface area contributed by atoms with Gasteiger partial charge in [0.15, 0.2) is 0 Å². The molecule has 0 atom stereocenters. The largest absolute Gasteiger partial charge is 0.323 e. The van der Waals surface area contributed by atoms with E-state index in [0.29, 0.717) is 12.2 Å². The number of hydrazine groups is 1. The number of hydrogen-bond acceptors (Lipinski definition) is 5. The third-order valence-corrected chi connectivity index (χ3v) is 5.16. The molecule has 19 heavy (non-hydrogen) atoms. The molecule has 0 aliphatic heterocycles. The van der Waals surface area contributed by atoms with Crippen molar-refractivity contribution in [1.82, 2.24) is 9.71 Å². The van der Waals surface area contributed by atoms with Gasteiger partial charge < -0.3 is 5.43 Å². The molecule has 1 aliphatic carbocycles. The highest BCUT2D eigenvalue weighted by Crippen LogP contribution is 2.37. The molecule has 1 aliphatic rings. The standard InChI is InChI=1S/C12H20N4O2S/c1-12(5-2-3-6-12)9-15-19(17,18)11-8-14-7-4-10(11)16-13/h4,7-8,15H,2-3,5-6,9,13H2,1H3,(H,14,16). The number of nitrogens with one attached hydrogen (secondary N) is 2. The lowest BCUT2D eigenvalue weighted by Crippen LogP contribution is -2.34. The quantitative estimate of drug-likeness (QED) is 0.558. The summed E-state index contributed by atoms with van der Waals surface area (Å²) >= 11 is 0. The molecule has 7 heteroatoms. The van der Waals surface area contributed by atoms with E-state index < -0.39 is 10.0 Å². The van der Waals surface area contributed by atoms with Crippen LogP contribution in [0.15, 0.2) is 23.4 Å². The Morgan fingerprint density at radius 2 is 2.11 bits per heavy atom. The van der Waals surface area contributed by atoms with Gasteiger partial charge in [-0.3, -0.25) is 10.8 Å². The van der Waals surface area contributed by atoms with Crippen LogP contribution in [-0.4, -0.2) is 19.9 Å². The van der Waals surface area contributed by atoms with E-state index in [1.807, 2.05) is 0 Å². The van der Waals surface area contributed by atoms with Crippen molar-refractivity contribution in [3.05, 3.63) is 18.5 Å². The molecule has 0 saturated heterocycles. The molecule has 6 nitrogen and oxygen atoms in total. The molecular weight excluding hydrogens is 264 g/mol. The highest BCUT2D eigenvalue weighted by molar-refractivity contribution is 7.89. The third kappa shape index (κ3) is 3.23. The van der Waals surface area contributed by atoms with Crippen LogP contribution in [0.25, 0.3) is 0 Å². The molecule has 1 aromatic heterocycles. The average Bonchev–Trinajstić information content (AvgIpc) is 2.84. The highest BCUT2D eigenvalue weighted by atomic mass is 32.2. The highest BCUT2D eigenvalue weighted by Gasteiger charge is 2.30. The van der Waals surface area contributed by atoms with Crippen molar-refractivity contribution < 1.29 is 8.42 Å². The summed E-state index contributed by atoms with van der Waals surface area (Å²) in [7, 11) is -3.58. The number of nitrogens with two attached hydrogens (primary N) is 1. The molecule has 0 bridgehead atoms. The topological polar surface area (TPSA) is 97.1 Å². The van der Waals surface area contributed by atoms with Gasteiger partial charge in [0.05, 0.1) is 5.69 Å². The van der Waals surface area contributed by atoms with E-state index in [4.69, 9.17) is 5.84 Å². The van der Waals surface area contributed by atoms with Gasteiger partial charge in [-0.1, -0.05) is 19.8 Å². The maximum atomic E-state index is 12.3. The minimum absolute atomic E-state index is 0.0611. The lowest BCUT2D eigenvalue weighted by atomic mass is 9.89. The number of hydrogen-bond donors (Lipinski definition) is 3. The van der Waals surface area contributed by atoms with Crippen molar-refractivity contribution in [2.45, 2.75) is 37.5 Å². The minimum Gasteiger partial charge on any atom is -0.323 e. The van der Waals surface area contributed by atoms with Crippen molar-refractivity contribution in [3.8, 4) is 0 Å². The van der Waals surface area contributed by atoms with Crippen molar-refractivity contribution in [2.75, 3.05) is 12.0 Å². The number of anilines is 1. The predicted octanol–water partition coefficient (Wildman–Crippen LogP) is 1.23. The first kappa shape index (κ1) is 14.2. The number of sulfonamides is 1. The summed E-state index contributed by atoms with van der Waals surface area (Å²) in [5.41, 5.74) is 2.79. The van der Waals surface area contributed by atoms with Crippen molar-refractivity contribution in [2.24, 2.45) is 11.3 Å². The lowest BCUT2D eigenvalue weighted by molar-refractivity contribution is 0.336. The van der Waals surface area contributed by atoms with Gasteiger partial charge in [0, 0.05) is 18.9 Å². The van der Waals surface area contributed by atoms with Crippen LogP contribution in [0.4, 0.5) is 5.69 Å². The van der Waals surface area contributed by atoms with Crippen LogP contribution in [0.3, 0.4) is 0 Å². The van der Waals surface area contributed by atoms with Crippen LogP contribution in [0.5, 0.6) is 0 Å². The van der Waals surface area contributed by atoms with E-state index in [2.05, 4.69) is 22.1 Å². The van der Waals surface area contributed by atoms with Gasteiger partial charge in [-0.15, -0.1) is 0 Å². The summed E-state index contributed by atoms with van der Waals surface area (Å²) in [6, 6.07) is 1.53. The maximum absolute atomic E-state index is 12.3. The van der Waals surface area contributed by atoms with Crippen LogP contribution in [0.1, 0.15) is 32.6 Å². The Morgan fingerprint density at radius 3 is 2.74 bits per heavy atom. The fourth-order valence-electron chi connectivity index (χ4n) is 2.47. The van der Waals surface area contributed by atoms with E-state index in [9.17, 15) is 8.42 Å². The first-order chi connectivity index (χ1) is 8.97. The van der Waals surface area contributed by atoms with Gasteiger partial charge in [-0.05, 0) is 24.3 Å². The molecule has 0 unspecified atom stereocenters. The predicted molar refractivity (Wildman–Crippen MR) is 73.8 cm³/mol. The monoisotopic (exact) mass is 284 g/mol. The molecule has 0 radical (unpaired) electrons. The zero-order chi connectivity index (χ0) is 13.9. The van der Waals surface area contributed by atoms with E-state index in [0.717, 1.165) is 12.8 Å². The number of pyridine rings is 1. The molecule has 1 heterocycles. The van der Waals surface area contributed by atoms with Gasteiger partial charge in [-0.2, -0.15) is 0 Å². The van der Waals surface area contributed by atoms with Gasteiger partial charge in [0.2, 0.25) is 10.0 Å². The van der Waals surface area contributed by atoms with Crippen LogP contribution in [0.2, 0.25) is 0 Å². The Labute approximate surface area is 113 Å². The Kier molecular flexibility index (Phi) is 4.07. The lowest BCUT2D eigenvalue weighted by Gasteiger charge is -2.23. The maximum Gasteiger partial charge on any atom is 0.244 e. The molecule has 106 valence electrons. The van der Waals surface area contributed by atoms with Crippen LogP contribution in [0, 0.1) is 5.41 Å². The van der Waals surface area contributed by atoms with E-state index >= 15 is 0 Å². The second-order valence-electron chi connectivity index (χ2n) is 5.36. The minimum atomic E-state index is -3.58. The second-order valence-corrected chi connectivity index (χ2v) is 7.09. The van der Waals surface area contributed by atoms with Crippen LogP contribution in [-0.2, 0) is 10.0 Å². The molecule has 2 rings (SSSR count). The summed E-state index contributed by atoms with van der Waals surface area (Å²) in [6.07, 6.45) is 7.25. The fraction of sp³-hybridized carbons (Fsp3) is 0.583. The second kappa shape index (κ2) is 5.44. The molecule has 1 aromatic rings. The number of nitrogens with zero attached hydrogens (tertiary/aromatic N) is 1. The Balaban J connectivity index is 2.14. The SMILES string of the molecule is CC1(CNS(=O)(=O)c2cnccc2NN)CCCC1. The summed E-state index contributed by atoms with van der Waals surface area (Å²) < 4.78 is 27.2. The Hall–Kier alpha value is -1.18. The normalized spacial score (nSPS) is 18.4. The molecular formula is C12H20N4O2S. The first-order valence-corrected chi connectivity index (χ1v) is 7.85. The summed E-state index contributed by atoms with van der Waals surface area (Å²) in [5.74, 6) is 5.32. The van der Waals surface area contributed by atoms with E-state index in [-0.39, 0.29) is 10.3 Å². The smallest absolute Gasteiger partial charge is 0.244 e. The zero-order valence-corrected chi connectivity index (χ0v) is 11.8. The molecule has 1 saturated carbocycles. The van der Waals surface area contributed by atoms with Gasteiger partial charge >= 0.3 is 0 Å². The van der Waals surface area contributed by atoms with Gasteiger partial charge in [0.1, 0.15) is 4.90 Å². The first-order valence-electron chi connectivity index (χ1n) is 6.37. The zero-order valence-electron chi connectivity index (χ0n) is 11.0. The van der Waals surface area contributed by atoms with Crippen molar-refractivity contribution in [1.29, 1.82) is 0 Å². The number of nitrogen functional groups attached to an aromatic ring is 1. The van der Waals surface area contributed by atoms with Gasteiger partial charge in [0.25, 0.3) is 0 Å². The summed E-state index contributed by atoms with van der Waals surface area (Å²) in [5, 5.41) is 0. The summed E-state index contributed by atoms with van der Waals surface area (Å²) in [4.78, 5) is 3.92. The molecule has 1 fully saturated rings. The van der Waals surface area contributed by atoms with Crippen LogP contribution >= 0.6 is 0 Å². The number of rotatable bonds is 5. The average molecular weight is 284 g/mol. The van der Waals surface area contributed by atoms with Crippen LogP contribution < -0.4 is 16.0 Å². The fourth-order valence-corrected chi connectivity index (χ4v) is 3.78. The molecule has 0 aromatic carbocycles.